The highest BCUT2D eigenvalue weighted by molar-refractivity contribution is 6.15. The molecule has 374 valence electrons. The Kier molecular flexibility index (Phi) is 10.5. The van der Waals surface area contributed by atoms with E-state index in [1.54, 1.807) is 0 Å². The van der Waals surface area contributed by atoms with Crippen molar-refractivity contribution in [3.05, 3.63) is 303 Å². The van der Waals surface area contributed by atoms with E-state index >= 15 is 0 Å². The molecule has 0 spiro atoms. The minimum Gasteiger partial charge on any atom is -0.310 e. The molecule has 4 heteroatoms. The van der Waals surface area contributed by atoms with Gasteiger partial charge in [-0.25, -0.2) is 0 Å². The average Bonchev–Trinajstić information content (AvgIpc) is 4.33. The monoisotopic (exact) mass is 1020 g/mol. The molecule has 0 unspecified atom stereocenters. The van der Waals surface area contributed by atoms with Crippen molar-refractivity contribution in [3.8, 4) is 50.4 Å². The summed E-state index contributed by atoms with van der Waals surface area (Å²) < 4.78 is 7.22. The quantitative estimate of drug-likeness (QED) is 0.141. The van der Waals surface area contributed by atoms with Gasteiger partial charge in [0.1, 0.15) is 0 Å². The second-order valence-corrected chi connectivity index (χ2v) is 20.9. The second kappa shape index (κ2) is 18.5. The fraction of sp³-hybridized carbons (Fsp3) is 0. The molecule has 0 bridgehead atoms. The van der Waals surface area contributed by atoms with E-state index in [4.69, 9.17) is 0 Å². The van der Waals surface area contributed by atoms with Crippen LogP contribution in [0, 0.1) is 0 Å². The highest BCUT2D eigenvalue weighted by Gasteiger charge is 2.20. The SMILES string of the molecule is c1ccc(N(c2ccc(-c3ccc(-n4c5ccc(-c6ccc7c(c6)c6ccccc6n7-c6ccccc6)cc5c5cc(-c6ccc7c(c6)c6ccccc6n7-c6ccccc6)ccc54)cc3)cc2)c2cccc3ccccc23)cc1. The van der Waals surface area contributed by atoms with Crippen LogP contribution in [0.1, 0.15) is 0 Å². The number of aromatic nitrogens is 3. The van der Waals surface area contributed by atoms with Crippen molar-refractivity contribution in [2.75, 3.05) is 4.90 Å². The van der Waals surface area contributed by atoms with E-state index in [1.165, 1.54) is 87.4 Å². The second-order valence-electron chi connectivity index (χ2n) is 20.9. The predicted octanol–water partition coefficient (Wildman–Crippen LogP) is 20.6. The van der Waals surface area contributed by atoms with Crippen LogP contribution in [-0.4, -0.2) is 13.7 Å². The first kappa shape index (κ1) is 45.5. The Labute approximate surface area is 463 Å². The molecule has 0 aliphatic heterocycles. The van der Waals surface area contributed by atoms with Crippen molar-refractivity contribution in [1.29, 1.82) is 0 Å². The van der Waals surface area contributed by atoms with Crippen LogP contribution in [0.15, 0.2) is 303 Å². The first-order valence-electron chi connectivity index (χ1n) is 27.5. The molecule has 0 N–H and O–H groups in total. The molecule has 16 rings (SSSR count). The van der Waals surface area contributed by atoms with Crippen LogP contribution in [-0.2, 0) is 0 Å². The molecule has 0 fully saturated rings. The van der Waals surface area contributed by atoms with Gasteiger partial charge in [-0.2, -0.15) is 0 Å². The van der Waals surface area contributed by atoms with Gasteiger partial charge in [0.25, 0.3) is 0 Å². The van der Waals surface area contributed by atoms with Gasteiger partial charge in [0, 0.05) is 66.1 Å². The van der Waals surface area contributed by atoms with E-state index in [1.807, 2.05) is 0 Å². The summed E-state index contributed by atoms with van der Waals surface area (Å²) in [6.07, 6.45) is 0. The lowest BCUT2D eigenvalue weighted by molar-refractivity contribution is 1.18. The molecule has 0 aliphatic carbocycles. The number of benzene rings is 13. The van der Waals surface area contributed by atoms with E-state index in [-0.39, 0.29) is 0 Å². The number of anilines is 3. The Morgan fingerprint density at radius 2 is 0.525 bits per heavy atom. The number of para-hydroxylation sites is 5. The lowest BCUT2D eigenvalue weighted by Crippen LogP contribution is -2.10. The van der Waals surface area contributed by atoms with Gasteiger partial charge in [0.15, 0.2) is 0 Å². The molecule has 80 heavy (non-hydrogen) atoms. The maximum Gasteiger partial charge on any atom is 0.0541 e. The van der Waals surface area contributed by atoms with Gasteiger partial charge in [-0.05, 0) is 166 Å². The van der Waals surface area contributed by atoms with Crippen LogP contribution in [0.25, 0.3) is 127 Å². The van der Waals surface area contributed by atoms with Gasteiger partial charge in [-0.15, -0.1) is 0 Å². The van der Waals surface area contributed by atoms with Crippen molar-refractivity contribution in [2.24, 2.45) is 0 Å². The van der Waals surface area contributed by atoms with Crippen LogP contribution < -0.4 is 4.90 Å². The molecule has 0 amide bonds. The number of rotatable bonds is 9. The standard InChI is InChI=1S/C76H50N4/c1-4-19-58(20-5-1)77(70-30-16-18-53-17-10-11-25-63(53)70)61-39-31-51(32-40-61)52-33-41-62(42-34-52)80-75-45-37-56(54-35-43-73-66(47-54)64-26-12-14-28-71(64)78(73)59-21-6-2-7-22-59)49-68(75)69-50-57(38-46-76(69)80)55-36-44-74-67(48-55)65-27-13-15-29-72(65)79(74)60-23-8-3-9-24-60/h1-50H. The third-order valence-electron chi connectivity index (χ3n) is 16.4. The van der Waals surface area contributed by atoms with Crippen LogP contribution >= 0.6 is 0 Å². The lowest BCUT2D eigenvalue weighted by atomic mass is 9.98. The number of hydrogen-bond donors (Lipinski definition) is 0. The summed E-state index contributed by atoms with van der Waals surface area (Å²) in [7, 11) is 0. The third kappa shape index (κ3) is 7.38. The molecule has 0 saturated carbocycles. The first-order chi connectivity index (χ1) is 39.7. The third-order valence-corrected chi connectivity index (χ3v) is 16.4. The highest BCUT2D eigenvalue weighted by Crippen LogP contribution is 2.43. The molecule has 16 aromatic rings. The Balaban J connectivity index is 0.819. The predicted molar refractivity (Wildman–Crippen MR) is 338 cm³/mol. The van der Waals surface area contributed by atoms with Gasteiger partial charge in [-0.1, -0.05) is 176 Å². The molecular formula is C76H50N4. The normalized spacial score (nSPS) is 11.8. The molecule has 4 nitrogen and oxygen atoms in total. The summed E-state index contributed by atoms with van der Waals surface area (Å²) >= 11 is 0. The molecular weight excluding hydrogens is 969 g/mol. The van der Waals surface area contributed by atoms with Crippen molar-refractivity contribution in [1.82, 2.24) is 13.7 Å². The molecule has 0 radical (unpaired) electrons. The van der Waals surface area contributed by atoms with E-state index in [9.17, 15) is 0 Å². The van der Waals surface area contributed by atoms with Crippen molar-refractivity contribution in [2.45, 2.75) is 0 Å². The van der Waals surface area contributed by atoms with E-state index < -0.39 is 0 Å². The van der Waals surface area contributed by atoms with Crippen LogP contribution in [0.3, 0.4) is 0 Å². The van der Waals surface area contributed by atoms with Crippen LogP contribution in [0.2, 0.25) is 0 Å². The molecule has 3 aromatic heterocycles. The first-order valence-corrected chi connectivity index (χ1v) is 27.5. The van der Waals surface area contributed by atoms with Crippen molar-refractivity contribution < 1.29 is 0 Å². The number of fused-ring (bicyclic) bond motifs is 10. The number of hydrogen-bond acceptors (Lipinski definition) is 1. The maximum absolute atomic E-state index is 2.44. The Bertz CT molecular complexity index is 4810. The summed E-state index contributed by atoms with van der Waals surface area (Å²) in [5.74, 6) is 0. The summed E-state index contributed by atoms with van der Waals surface area (Å²) in [5.41, 5.74) is 21.0. The Morgan fingerprint density at radius 3 is 1.00 bits per heavy atom. The van der Waals surface area contributed by atoms with Gasteiger partial charge < -0.3 is 18.6 Å². The minimum atomic E-state index is 1.11. The molecule has 13 aromatic carbocycles. The summed E-state index contributed by atoms with van der Waals surface area (Å²) in [6, 6.07) is 111. The van der Waals surface area contributed by atoms with Crippen LogP contribution in [0.5, 0.6) is 0 Å². The van der Waals surface area contributed by atoms with E-state index in [2.05, 4.69) is 322 Å². The van der Waals surface area contributed by atoms with Gasteiger partial charge in [-0.3, -0.25) is 0 Å². The molecule has 0 saturated heterocycles. The zero-order chi connectivity index (χ0) is 52.7. The maximum atomic E-state index is 2.44. The smallest absolute Gasteiger partial charge is 0.0541 e. The Hall–Kier alpha value is -10.7. The summed E-state index contributed by atoms with van der Waals surface area (Å²) in [4.78, 5) is 2.36. The van der Waals surface area contributed by atoms with E-state index in [0.717, 1.165) is 56.3 Å². The zero-order valence-electron chi connectivity index (χ0n) is 43.7. The average molecular weight is 1020 g/mol. The molecule has 0 atom stereocenters. The van der Waals surface area contributed by atoms with Crippen molar-refractivity contribution in [3.63, 3.8) is 0 Å². The highest BCUT2D eigenvalue weighted by atomic mass is 15.1. The van der Waals surface area contributed by atoms with E-state index in [0.29, 0.717) is 0 Å². The lowest BCUT2D eigenvalue weighted by Gasteiger charge is -2.27. The van der Waals surface area contributed by atoms with Gasteiger partial charge in [0.05, 0.1) is 38.8 Å². The van der Waals surface area contributed by atoms with Gasteiger partial charge in [0.2, 0.25) is 0 Å². The number of nitrogens with zero attached hydrogens (tertiary/aromatic N) is 4. The topological polar surface area (TPSA) is 18.0 Å². The fourth-order valence-corrected chi connectivity index (χ4v) is 12.7. The molecule has 0 aliphatic rings. The fourth-order valence-electron chi connectivity index (χ4n) is 12.7. The largest absolute Gasteiger partial charge is 0.310 e. The minimum absolute atomic E-state index is 1.11. The van der Waals surface area contributed by atoms with Gasteiger partial charge >= 0.3 is 0 Å². The summed E-state index contributed by atoms with van der Waals surface area (Å²) in [5, 5.41) is 9.82. The van der Waals surface area contributed by atoms with Crippen LogP contribution in [0.4, 0.5) is 17.1 Å². The summed E-state index contributed by atoms with van der Waals surface area (Å²) in [6.45, 7) is 0. The molecule has 3 heterocycles. The Morgan fingerprint density at radius 1 is 0.200 bits per heavy atom. The zero-order valence-corrected chi connectivity index (χ0v) is 43.7. The van der Waals surface area contributed by atoms with Crippen molar-refractivity contribution >= 4 is 93.3 Å².